The highest BCUT2D eigenvalue weighted by Crippen LogP contribution is 2.31. The van der Waals surface area contributed by atoms with Crippen LogP contribution in [0.1, 0.15) is 16.0 Å². The van der Waals surface area contributed by atoms with E-state index in [0.29, 0.717) is 0 Å². The van der Waals surface area contributed by atoms with Gasteiger partial charge < -0.3 is 0 Å². The van der Waals surface area contributed by atoms with Gasteiger partial charge in [0, 0.05) is 9.85 Å². The lowest BCUT2D eigenvalue weighted by Gasteiger charge is -2.12. The molecule has 0 saturated carbocycles. The maximum Gasteiger partial charge on any atom is 0.0438 e. The van der Waals surface area contributed by atoms with Gasteiger partial charge in [-0.05, 0) is 34.4 Å². The zero-order valence-electron chi connectivity index (χ0n) is 10.9. The smallest absolute Gasteiger partial charge is 0.0438 e. The molecule has 0 radical (unpaired) electrons. The molecule has 2 heteroatoms. The summed E-state index contributed by atoms with van der Waals surface area (Å²) < 4.78 is 0. The highest BCUT2D eigenvalue weighted by Gasteiger charge is 2.11. The summed E-state index contributed by atoms with van der Waals surface area (Å²) >= 11 is 10.0. The van der Waals surface area contributed by atoms with E-state index in [-0.39, 0.29) is 4.83 Å². The lowest BCUT2D eigenvalue weighted by molar-refractivity contribution is 0.951. The summed E-state index contributed by atoms with van der Waals surface area (Å²) in [6.07, 6.45) is 0.887. The van der Waals surface area contributed by atoms with E-state index in [1.807, 2.05) is 18.2 Å². The number of hydrogen-bond acceptors (Lipinski definition) is 0. The summed E-state index contributed by atoms with van der Waals surface area (Å²) in [5.41, 5.74) is 2.45. The predicted octanol–water partition coefficient (Wildman–Crippen LogP) is 6.17. The van der Waals surface area contributed by atoms with Crippen LogP contribution < -0.4 is 0 Å². The number of benzene rings is 3. The first-order valence-electron chi connectivity index (χ1n) is 6.60. The average molecular weight is 346 g/mol. The van der Waals surface area contributed by atoms with E-state index in [1.165, 1.54) is 21.9 Å². The van der Waals surface area contributed by atoms with Crippen molar-refractivity contribution in [1.29, 1.82) is 0 Å². The Bertz CT molecular complexity index is 736. The molecule has 0 spiro atoms. The minimum absolute atomic E-state index is 0.270. The van der Waals surface area contributed by atoms with Crippen molar-refractivity contribution < 1.29 is 0 Å². The van der Waals surface area contributed by atoms with Crippen LogP contribution in [0.5, 0.6) is 0 Å². The van der Waals surface area contributed by atoms with Gasteiger partial charge in [-0.15, -0.1) is 0 Å². The molecule has 0 nitrogen and oxygen atoms in total. The summed E-state index contributed by atoms with van der Waals surface area (Å²) in [5, 5.41) is 3.38. The second-order valence-electron chi connectivity index (χ2n) is 4.87. The molecule has 0 saturated heterocycles. The largest absolute Gasteiger partial charge is 0.0840 e. The molecule has 3 rings (SSSR count). The fraction of sp³-hybridized carbons (Fsp3) is 0.111. The summed E-state index contributed by atoms with van der Waals surface area (Å²) in [6.45, 7) is 0. The Hall–Kier alpha value is -1.31. The molecule has 0 aliphatic rings. The fourth-order valence-corrected chi connectivity index (χ4v) is 3.22. The molecular weight excluding hydrogens is 332 g/mol. The van der Waals surface area contributed by atoms with E-state index in [4.69, 9.17) is 11.6 Å². The number of fused-ring (bicyclic) bond motifs is 1. The first kappa shape index (κ1) is 13.7. The van der Waals surface area contributed by atoms with Crippen molar-refractivity contribution in [2.45, 2.75) is 11.2 Å². The predicted molar refractivity (Wildman–Crippen MR) is 90.8 cm³/mol. The highest BCUT2D eigenvalue weighted by molar-refractivity contribution is 9.09. The van der Waals surface area contributed by atoms with Gasteiger partial charge in [0.25, 0.3) is 0 Å². The van der Waals surface area contributed by atoms with Crippen LogP contribution in [-0.2, 0) is 6.42 Å². The van der Waals surface area contributed by atoms with Gasteiger partial charge in [-0.2, -0.15) is 0 Å². The van der Waals surface area contributed by atoms with Gasteiger partial charge in [-0.3, -0.25) is 0 Å². The van der Waals surface area contributed by atoms with Gasteiger partial charge in [0.05, 0.1) is 0 Å². The molecule has 0 N–H and O–H groups in total. The summed E-state index contributed by atoms with van der Waals surface area (Å²) in [7, 11) is 0. The Morgan fingerprint density at radius 2 is 1.55 bits per heavy atom. The van der Waals surface area contributed by atoms with Crippen LogP contribution in [0.2, 0.25) is 5.02 Å². The monoisotopic (exact) mass is 344 g/mol. The van der Waals surface area contributed by atoms with E-state index in [2.05, 4.69) is 64.5 Å². The van der Waals surface area contributed by atoms with Crippen LogP contribution >= 0.6 is 27.5 Å². The summed E-state index contributed by atoms with van der Waals surface area (Å²) in [6, 6.07) is 23.0. The van der Waals surface area contributed by atoms with Crippen LogP contribution in [-0.4, -0.2) is 0 Å². The molecule has 0 heterocycles. The third-order valence-corrected chi connectivity index (χ3v) is 4.71. The van der Waals surface area contributed by atoms with Crippen molar-refractivity contribution in [1.82, 2.24) is 0 Å². The van der Waals surface area contributed by atoms with Crippen LogP contribution in [0.25, 0.3) is 10.8 Å². The minimum Gasteiger partial charge on any atom is -0.0840 e. The lowest BCUT2D eigenvalue weighted by Crippen LogP contribution is -1.96. The molecule has 3 aromatic carbocycles. The van der Waals surface area contributed by atoms with Crippen molar-refractivity contribution in [2.24, 2.45) is 0 Å². The lowest BCUT2D eigenvalue weighted by atomic mass is 10.0. The maximum absolute atomic E-state index is 6.23. The molecule has 0 amide bonds. The van der Waals surface area contributed by atoms with Crippen molar-refractivity contribution >= 4 is 38.3 Å². The van der Waals surface area contributed by atoms with Crippen LogP contribution in [0.4, 0.5) is 0 Å². The summed E-state index contributed by atoms with van der Waals surface area (Å²) in [5.74, 6) is 0. The zero-order chi connectivity index (χ0) is 13.9. The van der Waals surface area contributed by atoms with Gasteiger partial charge in [-0.1, -0.05) is 88.2 Å². The van der Waals surface area contributed by atoms with Crippen LogP contribution in [0.15, 0.2) is 66.7 Å². The molecule has 0 aromatic heterocycles. The molecule has 100 valence electrons. The molecule has 0 bridgehead atoms. The topological polar surface area (TPSA) is 0 Å². The number of alkyl halides is 1. The second kappa shape index (κ2) is 5.99. The van der Waals surface area contributed by atoms with E-state index in [1.54, 1.807) is 0 Å². The van der Waals surface area contributed by atoms with E-state index in [9.17, 15) is 0 Å². The highest BCUT2D eigenvalue weighted by atomic mass is 79.9. The van der Waals surface area contributed by atoms with Crippen LogP contribution in [0, 0.1) is 0 Å². The number of rotatable bonds is 3. The second-order valence-corrected chi connectivity index (χ2v) is 6.38. The minimum atomic E-state index is 0.270. The summed E-state index contributed by atoms with van der Waals surface area (Å²) in [4.78, 5) is 0.270. The molecular formula is C18H14BrCl. The normalized spacial score (nSPS) is 12.5. The molecule has 20 heavy (non-hydrogen) atoms. The van der Waals surface area contributed by atoms with Crippen molar-refractivity contribution in [3.8, 4) is 0 Å². The third kappa shape index (κ3) is 2.89. The van der Waals surface area contributed by atoms with E-state index < -0.39 is 0 Å². The third-order valence-electron chi connectivity index (χ3n) is 3.49. The Labute approximate surface area is 132 Å². The number of hydrogen-bond donors (Lipinski definition) is 0. The first-order valence-corrected chi connectivity index (χ1v) is 7.89. The quantitative estimate of drug-likeness (QED) is 0.498. The molecule has 1 unspecified atom stereocenters. The van der Waals surface area contributed by atoms with Gasteiger partial charge in [0.2, 0.25) is 0 Å². The number of halogens is 2. The Balaban J connectivity index is 1.89. The molecule has 0 aliphatic heterocycles. The van der Waals surface area contributed by atoms with E-state index in [0.717, 1.165) is 11.4 Å². The van der Waals surface area contributed by atoms with Gasteiger partial charge in [-0.25, -0.2) is 0 Å². The maximum atomic E-state index is 6.23. The van der Waals surface area contributed by atoms with E-state index >= 15 is 0 Å². The Morgan fingerprint density at radius 3 is 2.35 bits per heavy atom. The average Bonchev–Trinajstić information content (AvgIpc) is 2.49. The van der Waals surface area contributed by atoms with Gasteiger partial charge in [0.1, 0.15) is 0 Å². The van der Waals surface area contributed by atoms with Crippen molar-refractivity contribution in [3.05, 3.63) is 82.9 Å². The van der Waals surface area contributed by atoms with Gasteiger partial charge >= 0.3 is 0 Å². The first-order chi connectivity index (χ1) is 9.74. The van der Waals surface area contributed by atoms with Crippen LogP contribution in [0.3, 0.4) is 0 Å². The van der Waals surface area contributed by atoms with Crippen molar-refractivity contribution in [3.63, 3.8) is 0 Å². The molecule has 1 atom stereocenters. The van der Waals surface area contributed by atoms with Gasteiger partial charge in [0.15, 0.2) is 0 Å². The standard InChI is InChI=1S/C18H14BrCl/c19-17(12-16-7-3-4-8-18(16)20)15-10-9-13-5-1-2-6-14(13)11-15/h1-11,17H,12H2. The Kier molecular flexibility index (Phi) is 4.09. The Morgan fingerprint density at radius 1 is 0.850 bits per heavy atom. The molecule has 0 aliphatic carbocycles. The van der Waals surface area contributed by atoms with Crippen molar-refractivity contribution in [2.75, 3.05) is 0 Å². The SMILES string of the molecule is Clc1ccccc1CC(Br)c1ccc2ccccc2c1. The molecule has 3 aromatic rings. The fourth-order valence-electron chi connectivity index (χ4n) is 2.38. The zero-order valence-corrected chi connectivity index (χ0v) is 13.2. The molecule has 0 fully saturated rings.